The molecule has 0 aromatic heterocycles. The molecule has 17 heavy (non-hydrogen) atoms. The molecule has 0 fully saturated rings. The third kappa shape index (κ3) is 3.86. The number of allylic oxidation sites excluding steroid dienone is 1. The van der Waals surface area contributed by atoms with Gasteiger partial charge < -0.3 is 14.8 Å². The van der Waals surface area contributed by atoms with Crippen molar-refractivity contribution in [2.24, 2.45) is 0 Å². The molecule has 3 nitrogen and oxygen atoms in total. The molecule has 1 rings (SSSR count). The van der Waals surface area contributed by atoms with Crippen molar-refractivity contribution in [1.82, 2.24) is 0 Å². The number of hydrogen-bond donors (Lipinski definition) is 1. The van der Waals surface area contributed by atoms with Crippen molar-refractivity contribution >= 4 is 17.3 Å². The van der Waals surface area contributed by atoms with Crippen LogP contribution in [-0.4, -0.2) is 20.8 Å². The number of methoxy groups -OCH3 is 2. The molecule has 4 heteroatoms. The standard InChI is InChI=1S/C13H18ClNO2/c1-4-5-6-7-15-11-8-10(14)12(16-2)9-13(11)17-3/h4,8-9,15H,1,5-7H2,2-3H3. The summed E-state index contributed by atoms with van der Waals surface area (Å²) in [6.45, 7) is 4.54. The molecule has 0 aliphatic carbocycles. The van der Waals surface area contributed by atoms with Gasteiger partial charge in [-0.15, -0.1) is 6.58 Å². The van der Waals surface area contributed by atoms with Crippen LogP contribution in [0.2, 0.25) is 5.02 Å². The van der Waals surface area contributed by atoms with E-state index in [0.717, 1.165) is 30.8 Å². The normalized spacial score (nSPS) is 9.82. The van der Waals surface area contributed by atoms with E-state index in [2.05, 4.69) is 11.9 Å². The molecule has 0 radical (unpaired) electrons. The van der Waals surface area contributed by atoms with Crippen LogP contribution < -0.4 is 14.8 Å². The molecule has 1 N–H and O–H groups in total. The van der Waals surface area contributed by atoms with E-state index in [1.165, 1.54) is 0 Å². The topological polar surface area (TPSA) is 30.5 Å². The number of rotatable bonds is 7. The Bertz CT molecular complexity index is 380. The molecule has 0 heterocycles. The number of ether oxygens (including phenoxy) is 2. The summed E-state index contributed by atoms with van der Waals surface area (Å²) in [5.74, 6) is 1.34. The Morgan fingerprint density at radius 1 is 1.29 bits per heavy atom. The summed E-state index contributed by atoms with van der Waals surface area (Å²) in [5, 5.41) is 3.85. The molecular formula is C13H18ClNO2. The van der Waals surface area contributed by atoms with E-state index < -0.39 is 0 Å². The fourth-order valence-electron chi connectivity index (χ4n) is 1.47. The van der Waals surface area contributed by atoms with Gasteiger partial charge in [0.25, 0.3) is 0 Å². The van der Waals surface area contributed by atoms with Gasteiger partial charge in [0.2, 0.25) is 0 Å². The van der Waals surface area contributed by atoms with Gasteiger partial charge >= 0.3 is 0 Å². The zero-order valence-electron chi connectivity index (χ0n) is 10.3. The molecule has 0 bridgehead atoms. The minimum absolute atomic E-state index is 0.569. The van der Waals surface area contributed by atoms with Crippen LogP contribution in [0.25, 0.3) is 0 Å². The van der Waals surface area contributed by atoms with E-state index in [1.54, 1.807) is 20.3 Å². The molecule has 0 aliphatic heterocycles. The van der Waals surface area contributed by atoms with Gasteiger partial charge in [0, 0.05) is 12.6 Å². The highest BCUT2D eigenvalue weighted by Gasteiger charge is 2.09. The van der Waals surface area contributed by atoms with Crippen LogP contribution in [0.4, 0.5) is 5.69 Å². The average Bonchev–Trinajstić information content (AvgIpc) is 2.35. The van der Waals surface area contributed by atoms with Crippen molar-refractivity contribution in [2.45, 2.75) is 12.8 Å². The lowest BCUT2D eigenvalue weighted by Gasteiger charge is -2.13. The first-order valence-electron chi connectivity index (χ1n) is 5.49. The van der Waals surface area contributed by atoms with Crippen molar-refractivity contribution in [2.75, 3.05) is 26.1 Å². The fraction of sp³-hybridized carbons (Fsp3) is 0.385. The van der Waals surface area contributed by atoms with Crippen LogP contribution in [-0.2, 0) is 0 Å². The zero-order chi connectivity index (χ0) is 12.7. The third-order valence-corrected chi connectivity index (χ3v) is 2.67. The second kappa shape index (κ2) is 7.07. The summed E-state index contributed by atoms with van der Waals surface area (Å²) in [5.41, 5.74) is 0.877. The van der Waals surface area contributed by atoms with Gasteiger partial charge in [-0.3, -0.25) is 0 Å². The highest BCUT2D eigenvalue weighted by molar-refractivity contribution is 6.32. The van der Waals surface area contributed by atoms with E-state index in [4.69, 9.17) is 21.1 Å². The highest BCUT2D eigenvalue weighted by Crippen LogP contribution is 2.35. The summed E-state index contributed by atoms with van der Waals surface area (Å²) >= 11 is 6.06. The molecule has 0 aliphatic rings. The minimum Gasteiger partial charge on any atom is -0.495 e. The maximum absolute atomic E-state index is 6.06. The average molecular weight is 256 g/mol. The van der Waals surface area contributed by atoms with Gasteiger partial charge in [0.1, 0.15) is 11.5 Å². The van der Waals surface area contributed by atoms with Crippen LogP contribution in [0.3, 0.4) is 0 Å². The van der Waals surface area contributed by atoms with Crippen molar-refractivity contribution < 1.29 is 9.47 Å². The Hall–Kier alpha value is -1.35. The minimum atomic E-state index is 0.569. The van der Waals surface area contributed by atoms with Crippen LogP contribution in [0.5, 0.6) is 11.5 Å². The lowest BCUT2D eigenvalue weighted by molar-refractivity contribution is 0.395. The summed E-state index contributed by atoms with van der Waals surface area (Å²) in [7, 11) is 3.20. The summed E-state index contributed by atoms with van der Waals surface area (Å²) in [6, 6.07) is 3.59. The van der Waals surface area contributed by atoms with Crippen molar-refractivity contribution in [3.05, 3.63) is 29.8 Å². The highest BCUT2D eigenvalue weighted by atomic mass is 35.5. The maximum Gasteiger partial charge on any atom is 0.145 e. The maximum atomic E-state index is 6.06. The second-order valence-corrected chi connectivity index (χ2v) is 3.95. The number of benzene rings is 1. The molecule has 0 unspecified atom stereocenters. The molecule has 0 atom stereocenters. The third-order valence-electron chi connectivity index (χ3n) is 2.37. The first-order valence-corrected chi connectivity index (χ1v) is 5.87. The van der Waals surface area contributed by atoms with Crippen LogP contribution in [0.1, 0.15) is 12.8 Å². The Balaban J connectivity index is 2.76. The van der Waals surface area contributed by atoms with Crippen molar-refractivity contribution in [3.63, 3.8) is 0 Å². The smallest absolute Gasteiger partial charge is 0.145 e. The van der Waals surface area contributed by atoms with Gasteiger partial charge in [-0.1, -0.05) is 17.7 Å². The Kier molecular flexibility index (Phi) is 5.70. The van der Waals surface area contributed by atoms with Gasteiger partial charge in [-0.2, -0.15) is 0 Å². The monoisotopic (exact) mass is 255 g/mol. The number of halogens is 1. The number of hydrogen-bond acceptors (Lipinski definition) is 3. The second-order valence-electron chi connectivity index (χ2n) is 3.54. The first kappa shape index (κ1) is 13.7. The molecule has 0 amide bonds. The predicted octanol–water partition coefficient (Wildman–Crippen LogP) is 3.74. The first-order chi connectivity index (χ1) is 8.22. The van der Waals surface area contributed by atoms with Crippen LogP contribution in [0.15, 0.2) is 24.8 Å². The summed E-state index contributed by atoms with van der Waals surface area (Å²) in [4.78, 5) is 0. The molecule has 0 saturated carbocycles. The van der Waals surface area contributed by atoms with Gasteiger partial charge in [0.05, 0.1) is 24.9 Å². The molecule has 0 spiro atoms. The molecule has 1 aromatic carbocycles. The van der Waals surface area contributed by atoms with Gasteiger partial charge in [-0.25, -0.2) is 0 Å². The largest absolute Gasteiger partial charge is 0.495 e. The Morgan fingerprint density at radius 2 is 2.00 bits per heavy atom. The quantitative estimate of drug-likeness (QED) is 0.595. The zero-order valence-corrected chi connectivity index (χ0v) is 11.0. The van der Waals surface area contributed by atoms with Gasteiger partial charge in [0.15, 0.2) is 0 Å². The van der Waals surface area contributed by atoms with E-state index in [9.17, 15) is 0 Å². The number of unbranched alkanes of at least 4 members (excludes halogenated alkanes) is 1. The molecule has 94 valence electrons. The Morgan fingerprint density at radius 3 is 2.59 bits per heavy atom. The lowest BCUT2D eigenvalue weighted by Crippen LogP contribution is -2.03. The number of anilines is 1. The summed E-state index contributed by atoms with van der Waals surface area (Å²) in [6.07, 6.45) is 3.91. The summed E-state index contributed by atoms with van der Waals surface area (Å²) < 4.78 is 10.4. The van der Waals surface area contributed by atoms with E-state index in [0.29, 0.717) is 10.8 Å². The lowest BCUT2D eigenvalue weighted by atomic mass is 10.2. The van der Waals surface area contributed by atoms with Crippen LogP contribution in [0, 0.1) is 0 Å². The Labute approximate surface area is 107 Å². The molecule has 1 aromatic rings. The van der Waals surface area contributed by atoms with E-state index in [-0.39, 0.29) is 0 Å². The van der Waals surface area contributed by atoms with Crippen molar-refractivity contribution in [1.29, 1.82) is 0 Å². The SMILES string of the molecule is C=CCCCNc1cc(Cl)c(OC)cc1OC. The predicted molar refractivity (Wildman–Crippen MR) is 72.5 cm³/mol. The fourth-order valence-corrected chi connectivity index (χ4v) is 1.71. The van der Waals surface area contributed by atoms with E-state index >= 15 is 0 Å². The van der Waals surface area contributed by atoms with Crippen LogP contribution >= 0.6 is 11.6 Å². The number of nitrogens with one attached hydrogen (secondary N) is 1. The molecule has 0 saturated heterocycles. The van der Waals surface area contributed by atoms with E-state index in [1.807, 2.05) is 12.1 Å². The molecular weight excluding hydrogens is 238 g/mol. The van der Waals surface area contributed by atoms with Crippen molar-refractivity contribution in [3.8, 4) is 11.5 Å². The van der Waals surface area contributed by atoms with Gasteiger partial charge in [-0.05, 0) is 18.9 Å².